The molecule has 1 fully saturated rings. The van der Waals surface area contributed by atoms with Gasteiger partial charge in [0.1, 0.15) is 5.69 Å². The minimum Gasteiger partial charge on any atom is -0.293 e. The smallest absolute Gasteiger partial charge is 0.261 e. The number of alkyl halides is 2. The molecule has 1 aromatic carbocycles. The van der Waals surface area contributed by atoms with Crippen molar-refractivity contribution in [2.75, 3.05) is 13.1 Å². The van der Waals surface area contributed by atoms with Gasteiger partial charge in [0.25, 0.3) is 5.92 Å². The lowest BCUT2D eigenvalue weighted by molar-refractivity contribution is 0.0115. The Hall–Kier alpha value is -3.82. The van der Waals surface area contributed by atoms with Crippen LogP contribution in [0, 0.1) is 12.8 Å². The van der Waals surface area contributed by atoms with Crippen LogP contribution in [0.4, 0.5) is 14.5 Å². The second kappa shape index (κ2) is 10.2. The first-order valence-electron chi connectivity index (χ1n) is 14.0. The number of rotatable bonds is 6. The van der Waals surface area contributed by atoms with Crippen LogP contribution in [-0.4, -0.2) is 49.8 Å². The van der Waals surface area contributed by atoms with Crippen LogP contribution in [0.25, 0.3) is 32.5 Å². The van der Waals surface area contributed by atoms with Gasteiger partial charge in [-0.1, -0.05) is 13.0 Å². The van der Waals surface area contributed by atoms with Crippen molar-refractivity contribution >= 4 is 33.6 Å². The lowest BCUT2D eigenvalue weighted by atomic mass is 9.85. The molecule has 1 N–H and O–H groups in total. The second-order valence-corrected chi connectivity index (χ2v) is 12.4. The number of hydrogen-bond donors (Lipinski definition) is 1. The lowest BCUT2D eigenvalue weighted by Crippen LogP contribution is -2.24. The summed E-state index contributed by atoms with van der Waals surface area (Å²) in [6, 6.07) is 12.6. The number of nitrogens with zero attached hydrogens (tertiary/aromatic N) is 5. The van der Waals surface area contributed by atoms with Gasteiger partial charge in [-0.25, -0.2) is 13.8 Å². The third kappa shape index (κ3) is 4.97. The first kappa shape index (κ1) is 26.1. The SMILES string of the molecule is CCC1Cc2c(cncc2-c2ccc(C)s2)N=C1c1n[nH]c2ccc(-c3cncc(CN4CCC(F)(F)C4)c3)cc12. The number of hydrogen-bond acceptors (Lipinski definition) is 6. The highest BCUT2D eigenvalue weighted by molar-refractivity contribution is 7.15. The van der Waals surface area contributed by atoms with Gasteiger partial charge in [-0.2, -0.15) is 5.10 Å². The number of aromatic amines is 1. The maximum Gasteiger partial charge on any atom is 0.261 e. The number of benzene rings is 1. The molecule has 1 unspecified atom stereocenters. The normalized spacial score (nSPS) is 18.5. The molecular formula is C32H30F2N6S. The topological polar surface area (TPSA) is 70.1 Å². The Morgan fingerprint density at radius 3 is 2.71 bits per heavy atom. The van der Waals surface area contributed by atoms with E-state index in [9.17, 15) is 8.78 Å². The van der Waals surface area contributed by atoms with Crippen LogP contribution in [0.1, 0.15) is 41.5 Å². The number of H-pyrrole nitrogens is 1. The number of pyridine rings is 2. The number of fused-ring (bicyclic) bond motifs is 2. The molecular weight excluding hydrogens is 538 g/mol. The third-order valence-electron chi connectivity index (χ3n) is 8.20. The van der Waals surface area contributed by atoms with E-state index in [-0.39, 0.29) is 18.9 Å². The van der Waals surface area contributed by atoms with Crippen molar-refractivity contribution in [3.63, 3.8) is 0 Å². The predicted octanol–water partition coefficient (Wildman–Crippen LogP) is 7.60. The largest absolute Gasteiger partial charge is 0.293 e. The van der Waals surface area contributed by atoms with Crippen LogP contribution in [0.15, 0.2) is 66.2 Å². The molecule has 1 atom stereocenters. The van der Waals surface area contributed by atoms with Gasteiger partial charge in [-0.15, -0.1) is 11.3 Å². The van der Waals surface area contributed by atoms with Crippen molar-refractivity contribution in [1.82, 2.24) is 25.1 Å². The molecule has 6 nitrogen and oxygen atoms in total. The van der Waals surface area contributed by atoms with E-state index in [0.717, 1.165) is 57.5 Å². The number of aryl methyl sites for hydroxylation is 1. The van der Waals surface area contributed by atoms with Crippen LogP contribution in [0.3, 0.4) is 0 Å². The number of thiophene rings is 1. The quantitative estimate of drug-likeness (QED) is 0.229. The van der Waals surface area contributed by atoms with Gasteiger partial charge in [-0.05, 0) is 66.8 Å². The Morgan fingerprint density at radius 1 is 1.05 bits per heavy atom. The van der Waals surface area contributed by atoms with E-state index in [1.807, 2.05) is 36.8 Å². The average molecular weight is 569 g/mol. The fourth-order valence-corrected chi connectivity index (χ4v) is 6.95. The van der Waals surface area contributed by atoms with E-state index in [1.165, 1.54) is 20.9 Å². The first-order valence-corrected chi connectivity index (χ1v) is 14.8. The average Bonchev–Trinajstić information content (AvgIpc) is 3.69. The van der Waals surface area contributed by atoms with Crippen molar-refractivity contribution in [1.29, 1.82) is 0 Å². The predicted molar refractivity (Wildman–Crippen MR) is 160 cm³/mol. The molecule has 0 aliphatic carbocycles. The van der Waals surface area contributed by atoms with Gasteiger partial charge in [-0.3, -0.25) is 20.0 Å². The van der Waals surface area contributed by atoms with E-state index in [4.69, 9.17) is 10.1 Å². The Kier molecular flexibility index (Phi) is 6.51. The maximum absolute atomic E-state index is 13.7. The summed E-state index contributed by atoms with van der Waals surface area (Å²) in [7, 11) is 0. The summed E-state index contributed by atoms with van der Waals surface area (Å²) in [6.07, 6.45) is 9.16. The fraction of sp³-hybridized carbons (Fsp3) is 0.312. The first-order chi connectivity index (χ1) is 19.9. The van der Waals surface area contributed by atoms with E-state index < -0.39 is 5.92 Å². The van der Waals surface area contributed by atoms with Crippen LogP contribution >= 0.6 is 11.3 Å². The molecule has 0 spiro atoms. The fourth-order valence-electron chi connectivity index (χ4n) is 6.05. The molecule has 208 valence electrons. The molecule has 0 saturated carbocycles. The van der Waals surface area contributed by atoms with Crippen LogP contribution in [0.5, 0.6) is 0 Å². The summed E-state index contributed by atoms with van der Waals surface area (Å²) in [5.74, 6) is -2.38. The van der Waals surface area contributed by atoms with E-state index >= 15 is 0 Å². The highest BCUT2D eigenvalue weighted by Gasteiger charge is 2.38. The van der Waals surface area contributed by atoms with Gasteiger partial charge in [0.05, 0.1) is 29.7 Å². The third-order valence-corrected chi connectivity index (χ3v) is 9.23. The van der Waals surface area contributed by atoms with E-state index in [2.05, 4.69) is 47.1 Å². The molecule has 6 heterocycles. The van der Waals surface area contributed by atoms with Gasteiger partial charge in [0, 0.05) is 70.3 Å². The number of aliphatic imine (C=N–C) groups is 1. The molecule has 4 aromatic heterocycles. The maximum atomic E-state index is 13.7. The molecule has 2 aliphatic rings. The Morgan fingerprint density at radius 2 is 1.93 bits per heavy atom. The minimum absolute atomic E-state index is 0.0851. The zero-order valence-electron chi connectivity index (χ0n) is 23.0. The molecule has 0 bridgehead atoms. The summed E-state index contributed by atoms with van der Waals surface area (Å²) in [5.41, 5.74) is 8.98. The minimum atomic E-state index is -2.60. The summed E-state index contributed by atoms with van der Waals surface area (Å²) in [6.45, 7) is 4.99. The van der Waals surface area contributed by atoms with Crippen molar-refractivity contribution in [3.8, 4) is 21.6 Å². The number of aromatic nitrogens is 4. The number of halogens is 2. The van der Waals surface area contributed by atoms with Gasteiger partial charge in [0.15, 0.2) is 0 Å². The molecule has 5 aromatic rings. The van der Waals surface area contributed by atoms with Crippen LogP contribution in [-0.2, 0) is 13.0 Å². The van der Waals surface area contributed by atoms with E-state index in [0.29, 0.717) is 13.1 Å². The van der Waals surface area contributed by atoms with Crippen molar-refractivity contribution in [2.24, 2.45) is 10.9 Å². The van der Waals surface area contributed by atoms with E-state index in [1.54, 1.807) is 22.4 Å². The van der Waals surface area contributed by atoms with Crippen LogP contribution < -0.4 is 0 Å². The molecule has 41 heavy (non-hydrogen) atoms. The highest BCUT2D eigenvalue weighted by Crippen LogP contribution is 2.40. The molecule has 1 saturated heterocycles. The summed E-state index contributed by atoms with van der Waals surface area (Å²) in [4.78, 5) is 18.4. The Labute approximate surface area is 241 Å². The van der Waals surface area contributed by atoms with Crippen LogP contribution in [0.2, 0.25) is 0 Å². The van der Waals surface area contributed by atoms with Crippen molar-refractivity contribution in [2.45, 2.75) is 45.6 Å². The Bertz CT molecular complexity index is 1790. The Balaban J connectivity index is 1.24. The zero-order chi connectivity index (χ0) is 28.1. The molecule has 0 radical (unpaired) electrons. The summed E-state index contributed by atoms with van der Waals surface area (Å²) in [5, 5.41) is 8.95. The zero-order valence-corrected chi connectivity index (χ0v) is 23.8. The van der Waals surface area contributed by atoms with Crippen molar-refractivity contribution < 1.29 is 8.78 Å². The van der Waals surface area contributed by atoms with Gasteiger partial charge >= 0.3 is 0 Å². The summed E-state index contributed by atoms with van der Waals surface area (Å²) < 4.78 is 27.4. The molecule has 9 heteroatoms. The molecule has 7 rings (SSSR count). The molecule has 0 amide bonds. The highest BCUT2D eigenvalue weighted by atomic mass is 32.1. The summed E-state index contributed by atoms with van der Waals surface area (Å²) >= 11 is 1.78. The lowest BCUT2D eigenvalue weighted by Gasteiger charge is -2.24. The number of likely N-dealkylation sites (tertiary alicyclic amines) is 1. The number of nitrogens with one attached hydrogen (secondary N) is 1. The van der Waals surface area contributed by atoms with Gasteiger partial charge < -0.3 is 0 Å². The second-order valence-electron chi connectivity index (χ2n) is 11.1. The standard InChI is InChI=1S/C32H30F2N6S/c1-3-21-11-24-26(29-7-4-19(2)41-29)15-36-16-28(24)37-30(21)31-25-12-22(5-6-27(25)38-39-31)23-10-20(13-35-14-23)17-40-9-8-32(33,34)18-40/h4-7,10,12-16,21H,3,8-9,11,17-18H2,1-2H3,(H,38,39). The molecule has 2 aliphatic heterocycles. The van der Waals surface area contributed by atoms with Gasteiger partial charge in [0.2, 0.25) is 0 Å². The monoisotopic (exact) mass is 568 g/mol. The van der Waals surface area contributed by atoms with Crippen molar-refractivity contribution in [3.05, 3.63) is 82.9 Å².